The van der Waals surface area contributed by atoms with Crippen LogP contribution in [0.5, 0.6) is 0 Å². The average molecular weight is 232 g/mol. The van der Waals surface area contributed by atoms with E-state index in [1.165, 1.54) is 0 Å². The van der Waals surface area contributed by atoms with Crippen LogP contribution in [0.15, 0.2) is 6.07 Å². The zero-order valence-corrected chi connectivity index (χ0v) is 8.67. The molecule has 0 amide bonds. The number of aromatic nitrogens is 1. The Labute approximate surface area is 85.5 Å². The maximum Gasteiger partial charge on any atom is 0.377 e. The maximum atomic E-state index is 13.3. The van der Waals surface area contributed by atoms with Crippen LogP contribution >= 0.6 is 7.60 Å². The Balaban J connectivity index is 2.55. The molecule has 0 saturated carbocycles. The molecule has 0 bridgehead atoms. The van der Waals surface area contributed by atoms with E-state index in [2.05, 4.69) is 10.3 Å². The highest BCUT2D eigenvalue weighted by atomic mass is 31.2. The van der Waals surface area contributed by atoms with Crippen LogP contribution in [0, 0.1) is 5.82 Å². The summed E-state index contributed by atoms with van der Waals surface area (Å²) in [5, 5.41) is 3.03. The highest BCUT2D eigenvalue weighted by molar-refractivity contribution is 7.60. The van der Waals surface area contributed by atoms with Gasteiger partial charge >= 0.3 is 7.60 Å². The molecule has 2 rings (SSSR count). The number of hydrogen-bond donors (Lipinski definition) is 3. The van der Waals surface area contributed by atoms with Crippen molar-refractivity contribution < 1.29 is 18.7 Å². The molecule has 0 aliphatic carbocycles. The van der Waals surface area contributed by atoms with Crippen molar-refractivity contribution in [3.63, 3.8) is 0 Å². The van der Waals surface area contributed by atoms with Gasteiger partial charge in [-0.05, 0) is 11.6 Å². The van der Waals surface area contributed by atoms with Gasteiger partial charge in [-0.1, -0.05) is 0 Å². The molecule has 1 aliphatic heterocycles. The number of halogens is 1. The van der Waals surface area contributed by atoms with E-state index in [1.54, 1.807) is 0 Å². The number of hydrogen-bond acceptors (Lipinski definition) is 3. The third-order valence-corrected chi connectivity index (χ3v) is 3.12. The van der Waals surface area contributed by atoms with Crippen LogP contribution < -0.4 is 10.8 Å². The highest BCUT2D eigenvalue weighted by Gasteiger charge is 2.26. The lowest BCUT2D eigenvalue weighted by Gasteiger charge is -2.17. The second kappa shape index (κ2) is 3.64. The standard InChI is InChI=1S/C8H10FN2O3P/c9-6-3-5-4-10-2-1-7(5)11-8(6)15(12,13)14/h3,10H,1-2,4H2,(H2,12,13,14). The van der Waals surface area contributed by atoms with Crippen LogP contribution in [-0.2, 0) is 17.5 Å². The van der Waals surface area contributed by atoms with E-state index < -0.39 is 18.8 Å². The molecular weight excluding hydrogens is 222 g/mol. The lowest BCUT2D eigenvalue weighted by Crippen LogP contribution is -2.28. The topological polar surface area (TPSA) is 82.5 Å². The van der Waals surface area contributed by atoms with Crippen molar-refractivity contribution in [2.45, 2.75) is 13.0 Å². The molecule has 3 N–H and O–H groups in total. The van der Waals surface area contributed by atoms with Gasteiger partial charge in [-0.3, -0.25) is 4.57 Å². The van der Waals surface area contributed by atoms with Crippen molar-refractivity contribution in [1.29, 1.82) is 0 Å². The van der Waals surface area contributed by atoms with E-state index >= 15 is 0 Å². The first-order valence-corrected chi connectivity index (χ1v) is 6.05. The molecule has 0 unspecified atom stereocenters. The van der Waals surface area contributed by atoms with Crippen molar-refractivity contribution >= 4 is 13.0 Å². The number of rotatable bonds is 1. The largest absolute Gasteiger partial charge is 0.377 e. The second-order valence-electron chi connectivity index (χ2n) is 3.37. The Hall–Kier alpha value is -0.810. The Bertz CT molecular complexity index is 446. The molecule has 0 aromatic carbocycles. The van der Waals surface area contributed by atoms with Gasteiger partial charge in [-0.15, -0.1) is 0 Å². The summed E-state index contributed by atoms with van der Waals surface area (Å²) in [5.41, 5.74) is 0.479. The minimum Gasteiger partial charge on any atom is -0.320 e. The molecule has 0 saturated heterocycles. The number of pyridine rings is 1. The summed E-state index contributed by atoms with van der Waals surface area (Å²) in [6.07, 6.45) is 0.558. The molecule has 0 atom stereocenters. The molecule has 7 heteroatoms. The fraction of sp³-hybridized carbons (Fsp3) is 0.375. The number of fused-ring (bicyclic) bond motifs is 1. The van der Waals surface area contributed by atoms with Gasteiger partial charge in [0.25, 0.3) is 0 Å². The quantitative estimate of drug-likeness (QED) is 0.577. The van der Waals surface area contributed by atoms with E-state index in [0.29, 0.717) is 30.8 Å². The smallest absolute Gasteiger partial charge is 0.320 e. The van der Waals surface area contributed by atoms with Gasteiger partial charge in [0, 0.05) is 25.2 Å². The molecule has 1 aliphatic rings. The first-order valence-electron chi connectivity index (χ1n) is 4.43. The molecule has 82 valence electrons. The van der Waals surface area contributed by atoms with E-state index in [4.69, 9.17) is 9.79 Å². The minimum absolute atomic E-state index is 0.487. The van der Waals surface area contributed by atoms with Gasteiger partial charge in [-0.25, -0.2) is 9.37 Å². The van der Waals surface area contributed by atoms with E-state index in [0.717, 1.165) is 6.07 Å². The first kappa shape index (κ1) is 10.7. The van der Waals surface area contributed by atoms with Gasteiger partial charge < -0.3 is 15.1 Å². The molecule has 5 nitrogen and oxygen atoms in total. The number of nitrogens with one attached hydrogen (secondary N) is 1. The summed E-state index contributed by atoms with van der Waals surface area (Å²) in [6.45, 7) is 1.17. The first-order chi connectivity index (χ1) is 6.98. The van der Waals surface area contributed by atoms with Gasteiger partial charge in [-0.2, -0.15) is 0 Å². The van der Waals surface area contributed by atoms with Crippen LogP contribution in [-0.4, -0.2) is 21.3 Å². The zero-order valence-electron chi connectivity index (χ0n) is 7.77. The van der Waals surface area contributed by atoms with Crippen molar-refractivity contribution in [2.24, 2.45) is 0 Å². The van der Waals surface area contributed by atoms with Crippen LogP contribution in [0.2, 0.25) is 0 Å². The maximum absolute atomic E-state index is 13.3. The van der Waals surface area contributed by atoms with Crippen LogP contribution in [0.1, 0.15) is 11.3 Å². The lowest BCUT2D eigenvalue weighted by atomic mass is 10.1. The summed E-state index contributed by atoms with van der Waals surface area (Å²) in [5.74, 6) is -0.939. The minimum atomic E-state index is -4.61. The van der Waals surface area contributed by atoms with E-state index in [-0.39, 0.29) is 0 Å². The van der Waals surface area contributed by atoms with E-state index in [1.807, 2.05) is 0 Å². The third kappa shape index (κ3) is 2.08. The molecule has 1 aromatic heterocycles. The number of nitrogens with zero attached hydrogens (tertiary/aromatic N) is 1. The molecule has 0 fully saturated rings. The molecular formula is C8H10FN2O3P. The molecule has 1 aromatic rings. The Morgan fingerprint density at radius 1 is 1.53 bits per heavy atom. The van der Waals surface area contributed by atoms with Crippen molar-refractivity contribution in [2.75, 3.05) is 6.54 Å². The van der Waals surface area contributed by atoms with Crippen LogP contribution in [0.4, 0.5) is 4.39 Å². The third-order valence-electron chi connectivity index (χ3n) is 2.26. The summed E-state index contributed by atoms with van der Waals surface area (Å²) >= 11 is 0. The Kier molecular flexibility index (Phi) is 2.60. The molecule has 0 radical (unpaired) electrons. The SMILES string of the molecule is O=P(O)(O)c1nc2c(cc1F)CNCC2. The summed E-state index contributed by atoms with van der Waals surface area (Å²) in [4.78, 5) is 21.4. The summed E-state index contributed by atoms with van der Waals surface area (Å²) in [7, 11) is -4.61. The predicted molar refractivity (Wildman–Crippen MR) is 51.3 cm³/mol. The van der Waals surface area contributed by atoms with Crippen molar-refractivity contribution in [3.05, 3.63) is 23.1 Å². The summed E-state index contributed by atoms with van der Waals surface area (Å²) < 4.78 is 24.2. The molecule has 2 heterocycles. The van der Waals surface area contributed by atoms with Gasteiger partial charge in [0.05, 0.1) is 0 Å². The monoisotopic (exact) mass is 232 g/mol. The van der Waals surface area contributed by atoms with Gasteiger partial charge in [0.15, 0.2) is 11.3 Å². The van der Waals surface area contributed by atoms with Crippen molar-refractivity contribution in [3.8, 4) is 0 Å². The van der Waals surface area contributed by atoms with Crippen molar-refractivity contribution in [1.82, 2.24) is 10.3 Å². The van der Waals surface area contributed by atoms with Gasteiger partial charge in [0.1, 0.15) is 0 Å². The summed E-state index contributed by atoms with van der Waals surface area (Å²) in [6, 6.07) is 1.14. The highest BCUT2D eigenvalue weighted by Crippen LogP contribution is 2.33. The second-order valence-corrected chi connectivity index (χ2v) is 4.88. The van der Waals surface area contributed by atoms with Crippen LogP contribution in [0.3, 0.4) is 0 Å². The fourth-order valence-corrected chi connectivity index (χ4v) is 2.15. The average Bonchev–Trinajstić information content (AvgIpc) is 2.15. The Morgan fingerprint density at radius 3 is 2.93 bits per heavy atom. The predicted octanol–water partition coefficient (Wildman–Crippen LogP) is -0.331. The normalized spacial score (nSPS) is 16.2. The Morgan fingerprint density at radius 2 is 2.27 bits per heavy atom. The fourth-order valence-electron chi connectivity index (χ4n) is 1.56. The zero-order chi connectivity index (χ0) is 11.1. The lowest BCUT2D eigenvalue weighted by molar-refractivity contribution is 0.384. The van der Waals surface area contributed by atoms with E-state index in [9.17, 15) is 8.96 Å². The van der Waals surface area contributed by atoms with Gasteiger partial charge in [0.2, 0.25) is 0 Å². The molecule has 0 spiro atoms. The van der Waals surface area contributed by atoms with Crippen LogP contribution in [0.25, 0.3) is 0 Å². The molecule has 15 heavy (non-hydrogen) atoms.